The van der Waals surface area contributed by atoms with Crippen LogP contribution in [0.4, 0.5) is 5.82 Å². The molecule has 2 heterocycles. The van der Waals surface area contributed by atoms with Crippen molar-refractivity contribution in [3.63, 3.8) is 0 Å². The normalized spacial score (nSPS) is 23.3. The molecule has 1 aliphatic carbocycles. The van der Waals surface area contributed by atoms with Crippen molar-refractivity contribution < 1.29 is 19.4 Å². The number of anilines is 1. The SMILES string of the molecule is COc1cc(C(C)(C)C)ccc1CN[C@H]1[C@H](C(C)(C)C)[C@@H](C(=O)O)N(C(=O)C2CCCCC2)[C@H]1c1cccnc1N(C)C. The quantitative estimate of drug-likeness (QED) is 0.377. The average molecular weight is 593 g/mol. The van der Waals surface area contributed by atoms with Crippen molar-refractivity contribution in [3.8, 4) is 5.75 Å². The number of likely N-dealkylation sites (tertiary alicyclic amines) is 1. The van der Waals surface area contributed by atoms with Crippen molar-refractivity contribution in [2.75, 3.05) is 26.1 Å². The number of nitrogens with one attached hydrogen (secondary N) is 1. The smallest absolute Gasteiger partial charge is 0.326 e. The van der Waals surface area contributed by atoms with Crippen molar-refractivity contribution in [1.29, 1.82) is 0 Å². The molecule has 43 heavy (non-hydrogen) atoms. The molecule has 0 radical (unpaired) electrons. The van der Waals surface area contributed by atoms with E-state index in [1.807, 2.05) is 31.1 Å². The Bertz CT molecular complexity index is 1290. The number of amides is 1. The van der Waals surface area contributed by atoms with Crippen LogP contribution >= 0.6 is 0 Å². The first-order valence-electron chi connectivity index (χ1n) is 15.7. The van der Waals surface area contributed by atoms with Gasteiger partial charge in [0.1, 0.15) is 17.6 Å². The summed E-state index contributed by atoms with van der Waals surface area (Å²) in [7, 11) is 5.56. The van der Waals surface area contributed by atoms with E-state index in [0.717, 1.165) is 54.8 Å². The Balaban J connectivity index is 1.86. The number of aliphatic carboxylic acids is 1. The molecule has 1 amide bonds. The molecule has 0 unspecified atom stereocenters. The van der Waals surface area contributed by atoms with Gasteiger partial charge in [-0.3, -0.25) is 4.79 Å². The minimum Gasteiger partial charge on any atom is -0.496 e. The second kappa shape index (κ2) is 12.8. The number of carboxylic acid groups (broad SMARTS) is 1. The third-order valence-corrected chi connectivity index (χ3v) is 9.37. The number of hydrogen-bond donors (Lipinski definition) is 2. The first-order chi connectivity index (χ1) is 20.2. The molecule has 2 aromatic rings. The van der Waals surface area contributed by atoms with Crippen LogP contribution in [0.5, 0.6) is 5.75 Å². The molecule has 1 aliphatic heterocycles. The summed E-state index contributed by atoms with van der Waals surface area (Å²) < 4.78 is 5.84. The second-order valence-corrected chi connectivity index (χ2v) is 14.7. The third-order valence-electron chi connectivity index (χ3n) is 9.37. The van der Waals surface area contributed by atoms with E-state index in [1.165, 1.54) is 5.56 Å². The van der Waals surface area contributed by atoms with Gasteiger partial charge in [-0.15, -0.1) is 0 Å². The molecule has 0 spiro atoms. The lowest BCUT2D eigenvalue weighted by atomic mass is 9.72. The Morgan fingerprint density at radius 2 is 1.74 bits per heavy atom. The first-order valence-corrected chi connectivity index (χ1v) is 15.7. The predicted octanol–water partition coefficient (Wildman–Crippen LogP) is 6.19. The molecule has 2 fully saturated rings. The number of pyridine rings is 1. The summed E-state index contributed by atoms with van der Waals surface area (Å²) in [5, 5.41) is 14.6. The summed E-state index contributed by atoms with van der Waals surface area (Å²) in [4.78, 5) is 36.1. The van der Waals surface area contributed by atoms with E-state index in [-0.39, 0.29) is 29.2 Å². The minimum absolute atomic E-state index is 0.0231. The van der Waals surface area contributed by atoms with Gasteiger partial charge in [-0.25, -0.2) is 9.78 Å². The van der Waals surface area contributed by atoms with E-state index in [2.05, 4.69) is 65.1 Å². The number of benzene rings is 1. The van der Waals surface area contributed by atoms with Gasteiger partial charge in [-0.05, 0) is 41.4 Å². The van der Waals surface area contributed by atoms with Gasteiger partial charge in [0.2, 0.25) is 5.91 Å². The minimum atomic E-state index is -0.975. The lowest BCUT2D eigenvalue weighted by Crippen LogP contribution is -2.49. The van der Waals surface area contributed by atoms with E-state index in [4.69, 9.17) is 9.72 Å². The highest BCUT2D eigenvalue weighted by molar-refractivity contribution is 5.87. The van der Waals surface area contributed by atoms with E-state index < -0.39 is 23.5 Å². The zero-order valence-corrected chi connectivity index (χ0v) is 27.6. The van der Waals surface area contributed by atoms with Crippen molar-refractivity contribution in [2.24, 2.45) is 17.3 Å². The predicted molar refractivity (Wildman–Crippen MR) is 171 cm³/mol. The highest BCUT2D eigenvalue weighted by Gasteiger charge is 2.59. The summed E-state index contributed by atoms with van der Waals surface area (Å²) in [5.74, 6) is 0.00491. The molecular weight excluding hydrogens is 540 g/mol. The fraction of sp³-hybridized carbons (Fsp3) is 0.629. The molecule has 2 N–H and O–H groups in total. The highest BCUT2D eigenvalue weighted by atomic mass is 16.5. The van der Waals surface area contributed by atoms with Gasteiger partial charge in [0.05, 0.1) is 13.2 Å². The molecule has 8 heteroatoms. The third kappa shape index (κ3) is 6.84. The number of hydrogen-bond acceptors (Lipinski definition) is 6. The number of methoxy groups -OCH3 is 1. The molecule has 0 bridgehead atoms. The Labute approximate surface area is 258 Å². The van der Waals surface area contributed by atoms with E-state index in [9.17, 15) is 14.7 Å². The summed E-state index contributed by atoms with van der Waals surface area (Å²) in [6.45, 7) is 13.3. The number of carbonyl (C=O) groups excluding carboxylic acids is 1. The largest absolute Gasteiger partial charge is 0.496 e. The van der Waals surface area contributed by atoms with E-state index >= 15 is 0 Å². The molecule has 2 aliphatic rings. The number of aromatic nitrogens is 1. The maximum Gasteiger partial charge on any atom is 0.326 e. The van der Waals surface area contributed by atoms with Crippen molar-refractivity contribution >= 4 is 17.7 Å². The number of carboxylic acids is 1. The number of nitrogens with zero attached hydrogens (tertiary/aromatic N) is 3. The van der Waals surface area contributed by atoms with Crippen LogP contribution < -0.4 is 15.0 Å². The molecule has 4 atom stereocenters. The summed E-state index contributed by atoms with van der Waals surface area (Å²) in [6, 6.07) is 8.39. The van der Waals surface area contributed by atoms with Crippen LogP contribution in [0.25, 0.3) is 0 Å². The Kier molecular flexibility index (Phi) is 9.79. The van der Waals surface area contributed by atoms with Crippen molar-refractivity contribution in [3.05, 3.63) is 53.2 Å². The van der Waals surface area contributed by atoms with Gasteiger partial charge >= 0.3 is 5.97 Å². The zero-order chi connectivity index (χ0) is 31.7. The lowest BCUT2D eigenvalue weighted by Gasteiger charge is -2.36. The van der Waals surface area contributed by atoms with Crippen LogP contribution in [-0.2, 0) is 21.5 Å². The Hall–Kier alpha value is -3.13. The van der Waals surface area contributed by atoms with Gasteiger partial charge in [0.25, 0.3) is 0 Å². The first kappa shape index (κ1) is 32.8. The highest BCUT2D eigenvalue weighted by Crippen LogP contribution is 2.50. The summed E-state index contributed by atoms with van der Waals surface area (Å²) >= 11 is 0. The molecule has 1 aromatic heterocycles. The number of carbonyl (C=O) groups is 2. The van der Waals surface area contributed by atoms with Crippen molar-refractivity contribution in [2.45, 2.75) is 104 Å². The van der Waals surface area contributed by atoms with E-state index in [1.54, 1.807) is 18.2 Å². The molecule has 236 valence electrons. The summed E-state index contributed by atoms with van der Waals surface area (Å²) in [6.07, 6.45) is 6.47. The van der Waals surface area contributed by atoms with Crippen LogP contribution in [-0.4, -0.2) is 60.2 Å². The van der Waals surface area contributed by atoms with Gasteiger partial charge in [-0.2, -0.15) is 0 Å². The topological polar surface area (TPSA) is 95.0 Å². The second-order valence-electron chi connectivity index (χ2n) is 14.7. The molecule has 4 rings (SSSR count). The number of rotatable bonds is 8. The van der Waals surface area contributed by atoms with Crippen LogP contribution in [0.3, 0.4) is 0 Å². The number of ether oxygens (including phenoxy) is 1. The maximum absolute atomic E-state index is 14.5. The zero-order valence-electron chi connectivity index (χ0n) is 27.6. The Morgan fingerprint density at radius 1 is 1.07 bits per heavy atom. The van der Waals surface area contributed by atoms with Gasteiger partial charge in [0.15, 0.2) is 0 Å². The van der Waals surface area contributed by atoms with Crippen LogP contribution in [0.2, 0.25) is 0 Å². The molecule has 1 aromatic carbocycles. The van der Waals surface area contributed by atoms with Crippen molar-refractivity contribution in [1.82, 2.24) is 15.2 Å². The monoisotopic (exact) mass is 592 g/mol. The van der Waals surface area contributed by atoms with Gasteiger partial charge in [-0.1, -0.05) is 79.0 Å². The maximum atomic E-state index is 14.5. The standard InChI is InChI=1S/C35H52N4O4/c1-34(2,3)24-18-17-23(26(20-24)43-9)21-37-28-27(35(4,5)6)30(33(41)42)39(32(40)22-14-11-10-12-15-22)29(28)25-16-13-19-36-31(25)38(7)8/h13,16-20,22,27-30,37H,10-12,14-15,21H2,1-9H3,(H,41,42)/t27-,28-,29-,30-/m0/s1. The van der Waals surface area contributed by atoms with E-state index in [0.29, 0.717) is 6.54 Å². The fourth-order valence-corrected chi connectivity index (χ4v) is 7.21. The Morgan fingerprint density at radius 3 is 2.30 bits per heavy atom. The van der Waals surface area contributed by atoms with Gasteiger partial charge < -0.3 is 25.0 Å². The van der Waals surface area contributed by atoms with Crippen LogP contribution in [0.1, 0.15) is 96.4 Å². The molecular formula is C35H52N4O4. The van der Waals surface area contributed by atoms with Gasteiger partial charge in [0, 0.05) is 55.8 Å². The molecule has 1 saturated carbocycles. The molecule has 8 nitrogen and oxygen atoms in total. The lowest BCUT2D eigenvalue weighted by molar-refractivity contribution is -0.154. The van der Waals surface area contributed by atoms with Crippen LogP contribution in [0.15, 0.2) is 36.5 Å². The van der Waals surface area contributed by atoms with Crippen LogP contribution in [0, 0.1) is 17.3 Å². The molecule has 1 saturated heterocycles. The fourth-order valence-electron chi connectivity index (χ4n) is 7.21. The average Bonchev–Trinajstić information content (AvgIpc) is 3.31. The summed E-state index contributed by atoms with van der Waals surface area (Å²) in [5.41, 5.74) is 2.60.